The van der Waals surface area contributed by atoms with E-state index in [0.717, 1.165) is 23.5 Å². The van der Waals surface area contributed by atoms with E-state index < -0.39 is 35.0 Å². The minimum Gasteiger partial charge on any atom is -0.443 e. The number of rotatable bonds is 3. The molecule has 0 atom stereocenters. The van der Waals surface area contributed by atoms with E-state index in [1.165, 1.54) is 11.6 Å². The number of hydrogen-bond acceptors (Lipinski definition) is 6. The molecule has 0 unspecified atom stereocenters. The topological polar surface area (TPSA) is 113 Å². The lowest BCUT2D eigenvalue weighted by Gasteiger charge is -2.19. The Kier molecular flexibility index (Phi) is 5.33. The molecule has 3 rings (SSSR count). The molecule has 0 fully saturated rings. The summed E-state index contributed by atoms with van der Waals surface area (Å²) in [6.07, 6.45) is 0.460. The van der Waals surface area contributed by atoms with Crippen molar-refractivity contribution in [3.63, 3.8) is 0 Å². The fraction of sp³-hybridized carbons (Fsp3) is 0.222. The SMILES string of the molecule is CC(C)(C)OC(=O)NNC(=O)c1csc(C(=O)c2c[nH]c3cc(F)c(F)cc23)n1. The molecule has 0 saturated heterocycles. The first-order valence-electron chi connectivity index (χ1n) is 8.31. The number of nitrogens with one attached hydrogen (secondary N) is 3. The first-order valence-corrected chi connectivity index (χ1v) is 9.19. The first-order chi connectivity index (χ1) is 13.5. The van der Waals surface area contributed by atoms with Gasteiger partial charge in [-0.2, -0.15) is 0 Å². The van der Waals surface area contributed by atoms with E-state index in [0.29, 0.717) is 0 Å². The maximum Gasteiger partial charge on any atom is 0.426 e. The van der Waals surface area contributed by atoms with Crippen molar-refractivity contribution in [2.24, 2.45) is 0 Å². The largest absolute Gasteiger partial charge is 0.443 e. The van der Waals surface area contributed by atoms with Crippen molar-refractivity contribution < 1.29 is 27.9 Å². The Balaban J connectivity index is 1.73. The van der Waals surface area contributed by atoms with E-state index in [2.05, 4.69) is 20.8 Å². The Hall–Kier alpha value is -3.34. The zero-order chi connectivity index (χ0) is 21.3. The van der Waals surface area contributed by atoms with Crippen LogP contribution in [0.25, 0.3) is 10.9 Å². The number of benzene rings is 1. The van der Waals surface area contributed by atoms with E-state index in [1.54, 1.807) is 20.8 Å². The zero-order valence-corrected chi connectivity index (χ0v) is 16.4. The molecule has 0 aliphatic carbocycles. The van der Waals surface area contributed by atoms with Gasteiger partial charge >= 0.3 is 6.09 Å². The maximum absolute atomic E-state index is 13.5. The van der Waals surface area contributed by atoms with Crippen LogP contribution in [-0.2, 0) is 4.74 Å². The molecule has 2 heterocycles. The third-order valence-corrected chi connectivity index (χ3v) is 4.42. The normalized spacial score (nSPS) is 11.3. The van der Waals surface area contributed by atoms with Crippen LogP contribution in [0.3, 0.4) is 0 Å². The number of hydrogen-bond donors (Lipinski definition) is 3. The average molecular weight is 422 g/mol. The van der Waals surface area contributed by atoms with Crippen molar-refractivity contribution in [2.45, 2.75) is 26.4 Å². The van der Waals surface area contributed by atoms with Gasteiger partial charge in [-0.1, -0.05) is 0 Å². The number of ether oxygens (including phenoxy) is 1. The van der Waals surface area contributed by atoms with Gasteiger partial charge in [0.2, 0.25) is 5.78 Å². The van der Waals surface area contributed by atoms with Gasteiger partial charge < -0.3 is 9.72 Å². The third kappa shape index (κ3) is 4.57. The van der Waals surface area contributed by atoms with Gasteiger partial charge in [0, 0.05) is 28.5 Å². The molecule has 11 heteroatoms. The van der Waals surface area contributed by atoms with Crippen molar-refractivity contribution in [3.8, 4) is 0 Å². The van der Waals surface area contributed by atoms with Gasteiger partial charge in [-0.25, -0.2) is 24.0 Å². The van der Waals surface area contributed by atoms with Gasteiger partial charge in [0.1, 0.15) is 11.3 Å². The number of ketones is 1. The molecule has 2 aromatic heterocycles. The number of halogens is 2. The van der Waals surface area contributed by atoms with Crippen LogP contribution < -0.4 is 10.9 Å². The van der Waals surface area contributed by atoms with Crippen LogP contribution in [0.1, 0.15) is 46.6 Å². The summed E-state index contributed by atoms with van der Waals surface area (Å²) < 4.78 is 31.8. The minimum absolute atomic E-state index is 0.0296. The Labute approximate surface area is 167 Å². The van der Waals surface area contributed by atoms with Crippen molar-refractivity contribution >= 4 is 40.0 Å². The minimum atomic E-state index is -1.08. The van der Waals surface area contributed by atoms with Crippen LogP contribution in [0, 0.1) is 11.6 Å². The Morgan fingerprint density at radius 2 is 1.83 bits per heavy atom. The van der Waals surface area contributed by atoms with Gasteiger partial charge in [-0.05, 0) is 26.8 Å². The van der Waals surface area contributed by atoms with Crippen molar-refractivity contribution in [1.29, 1.82) is 0 Å². The second kappa shape index (κ2) is 7.59. The maximum atomic E-state index is 13.5. The molecule has 152 valence electrons. The molecule has 2 amide bonds. The molecule has 1 aromatic carbocycles. The fourth-order valence-electron chi connectivity index (χ4n) is 2.38. The van der Waals surface area contributed by atoms with Gasteiger partial charge in [0.05, 0.1) is 5.56 Å². The van der Waals surface area contributed by atoms with Gasteiger partial charge in [-0.15, -0.1) is 11.3 Å². The van der Waals surface area contributed by atoms with Gasteiger partial charge in [0.25, 0.3) is 5.91 Å². The van der Waals surface area contributed by atoms with Crippen LogP contribution >= 0.6 is 11.3 Å². The standard InChI is InChI=1S/C18H16F2N4O4S/c1-18(2,3)28-17(27)24-23-15(26)13-7-29-16(22-13)14(25)9-6-21-12-5-11(20)10(19)4-8(9)12/h4-7,21H,1-3H3,(H,23,26)(H,24,27). The highest BCUT2D eigenvalue weighted by molar-refractivity contribution is 7.12. The summed E-state index contributed by atoms with van der Waals surface area (Å²) in [5.41, 5.74) is 3.70. The molecule has 0 saturated carbocycles. The number of thiazole rings is 1. The van der Waals surface area contributed by atoms with Gasteiger partial charge in [0.15, 0.2) is 16.6 Å². The number of amides is 2. The van der Waals surface area contributed by atoms with E-state index in [4.69, 9.17) is 4.74 Å². The molecular weight excluding hydrogens is 406 g/mol. The summed E-state index contributed by atoms with van der Waals surface area (Å²) in [7, 11) is 0. The number of hydrazine groups is 1. The highest BCUT2D eigenvalue weighted by Crippen LogP contribution is 2.25. The molecular formula is C18H16F2N4O4S. The van der Waals surface area contributed by atoms with Crippen LogP contribution in [0.2, 0.25) is 0 Å². The molecule has 0 aliphatic heterocycles. The Morgan fingerprint density at radius 1 is 1.14 bits per heavy atom. The number of carbonyl (C=O) groups excluding carboxylic acids is 3. The zero-order valence-electron chi connectivity index (χ0n) is 15.6. The molecule has 29 heavy (non-hydrogen) atoms. The van der Waals surface area contributed by atoms with Crippen molar-refractivity contribution in [1.82, 2.24) is 20.8 Å². The van der Waals surface area contributed by atoms with Crippen LogP contribution in [0.15, 0.2) is 23.7 Å². The van der Waals surface area contributed by atoms with Crippen molar-refractivity contribution in [3.05, 3.63) is 51.6 Å². The first kappa shape index (κ1) is 20.4. The molecule has 8 nitrogen and oxygen atoms in total. The Bertz CT molecular complexity index is 1120. The summed E-state index contributed by atoms with van der Waals surface area (Å²) in [5.74, 6) is -3.44. The number of H-pyrrole nitrogens is 1. The summed E-state index contributed by atoms with van der Waals surface area (Å²) in [6.45, 7) is 4.99. The van der Waals surface area contributed by atoms with E-state index in [9.17, 15) is 23.2 Å². The summed E-state index contributed by atoms with van der Waals surface area (Å²) >= 11 is 0.897. The number of fused-ring (bicyclic) bond motifs is 1. The van der Waals surface area contributed by atoms with E-state index in [1.807, 2.05) is 0 Å². The number of aromatic amines is 1. The van der Waals surface area contributed by atoms with Crippen LogP contribution in [-0.4, -0.2) is 33.4 Å². The molecule has 0 radical (unpaired) electrons. The average Bonchev–Trinajstić information content (AvgIpc) is 3.25. The predicted molar refractivity (Wildman–Crippen MR) is 101 cm³/mol. The smallest absolute Gasteiger partial charge is 0.426 e. The second-order valence-electron chi connectivity index (χ2n) is 6.96. The number of aromatic nitrogens is 2. The lowest BCUT2D eigenvalue weighted by molar-refractivity contribution is 0.0483. The molecule has 3 N–H and O–H groups in total. The number of carbonyl (C=O) groups is 3. The highest BCUT2D eigenvalue weighted by atomic mass is 32.1. The quantitative estimate of drug-likeness (QED) is 0.443. The monoisotopic (exact) mass is 422 g/mol. The molecule has 0 aliphatic rings. The summed E-state index contributed by atoms with van der Waals surface area (Å²) in [5, 5.41) is 1.49. The van der Waals surface area contributed by atoms with Gasteiger partial charge in [-0.3, -0.25) is 15.0 Å². The van der Waals surface area contributed by atoms with E-state index >= 15 is 0 Å². The lowest BCUT2D eigenvalue weighted by Crippen LogP contribution is -2.44. The van der Waals surface area contributed by atoms with Crippen LogP contribution in [0.5, 0.6) is 0 Å². The summed E-state index contributed by atoms with van der Waals surface area (Å²) in [4.78, 5) is 43.0. The molecule has 0 bridgehead atoms. The Morgan fingerprint density at radius 3 is 2.52 bits per heavy atom. The third-order valence-electron chi connectivity index (χ3n) is 3.58. The second-order valence-corrected chi connectivity index (χ2v) is 7.82. The molecule has 3 aromatic rings. The fourth-order valence-corrected chi connectivity index (χ4v) is 3.13. The molecule has 0 spiro atoms. The lowest BCUT2D eigenvalue weighted by atomic mass is 10.1. The highest BCUT2D eigenvalue weighted by Gasteiger charge is 2.22. The predicted octanol–water partition coefficient (Wildman–Crippen LogP) is 3.30. The van der Waals surface area contributed by atoms with E-state index in [-0.39, 0.29) is 27.2 Å². The van der Waals surface area contributed by atoms with Crippen molar-refractivity contribution in [2.75, 3.05) is 0 Å². The number of nitrogens with zero attached hydrogens (tertiary/aromatic N) is 1. The summed E-state index contributed by atoms with van der Waals surface area (Å²) in [6, 6.07) is 1.87. The van der Waals surface area contributed by atoms with Crippen LogP contribution in [0.4, 0.5) is 13.6 Å².